The smallest absolute Gasteiger partial charge is 0.241 e. The predicted molar refractivity (Wildman–Crippen MR) is 104 cm³/mol. The van der Waals surface area contributed by atoms with Gasteiger partial charge in [-0.25, -0.2) is 8.42 Å². The third-order valence-electron chi connectivity index (χ3n) is 3.31. The Kier molecular flexibility index (Phi) is 8.44. The molecule has 1 aromatic rings. The van der Waals surface area contributed by atoms with Crippen LogP contribution in [0.2, 0.25) is 0 Å². The first-order valence-corrected chi connectivity index (χ1v) is 11.6. The molecule has 0 aliphatic heterocycles. The molecule has 0 saturated carbocycles. The zero-order chi connectivity index (χ0) is 20.1. The van der Waals surface area contributed by atoms with Gasteiger partial charge in [0.05, 0.1) is 18.6 Å². The van der Waals surface area contributed by atoms with Crippen LogP contribution >= 0.6 is 23.1 Å². The van der Waals surface area contributed by atoms with Gasteiger partial charge in [-0.2, -0.15) is 4.31 Å². The molecule has 0 saturated heterocycles. The molecule has 9 nitrogen and oxygen atoms in total. The third-order valence-corrected chi connectivity index (χ3v) is 6.52. The van der Waals surface area contributed by atoms with Gasteiger partial charge < -0.3 is 4.90 Å². The number of anilines is 1. The minimum atomic E-state index is -3.43. The van der Waals surface area contributed by atoms with Crippen LogP contribution in [-0.2, 0) is 19.6 Å². The van der Waals surface area contributed by atoms with Gasteiger partial charge in [-0.3, -0.25) is 14.9 Å². The van der Waals surface area contributed by atoms with Crippen molar-refractivity contribution in [2.24, 2.45) is 0 Å². The van der Waals surface area contributed by atoms with E-state index < -0.39 is 15.9 Å². The van der Waals surface area contributed by atoms with E-state index in [1.165, 1.54) is 18.8 Å². The van der Waals surface area contributed by atoms with E-state index in [0.717, 1.165) is 21.9 Å². The second kappa shape index (κ2) is 9.62. The summed E-state index contributed by atoms with van der Waals surface area (Å²) >= 11 is 2.39. The molecule has 148 valence electrons. The molecular formula is C14H25N5O4S3. The van der Waals surface area contributed by atoms with E-state index >= 15 is 0 Å². The number of nitrogens with zero attached hydrogens (tertiary/aromatic N) is 4. The molecule has 12 heteroatoms. The molecule has 1 rings (SSSR count). The fourth-order valence-electron chi connectivity index (χ4n) is 2.17. The molecule has 1 heterocycles. The van der Waals surface area contributed by atoms with Crippen molar-refractivity contribution in [2.45, 2.75) is 44.1 Å². The maximum atomic E-state index is 12.3. The fraction of sp³-hybridized carbons (Fsp3) is 0.714. The van der Waals surface area contributed by atoms with Crippen LogP contribution in [0.3, 0.4) is 0 Å². The van der Waals surface area contributed by atoms with Gasteiger partial charge in [-0.15, -0.1) is 10.2 Å². The molecule has 1 N–H and O–H groups in total. The quantitative estimate of drug-likeness (QED) is 0.467. The second-order valence-electron chi connectivity index (χ2n) is 6.22. The Hall–Kier alpha value is -1.24. The lowest BCUT2D eigenvalue weighted by Gasteiger charge is -2.30. The molecule has 2 amide bonds. The van der Waals surface area contributed by atoms with Gasteiger partial charge in [0.25, 0.3) is 0 Å². The van der Waals surface area contributed by atoms with Crippen LogP contribution in [0.1, 0.15) is 27.7 Å². The second-order valence-corrected chi connectivity index (χ2v) is 10.5. The molecule has 0 aliphatic carbocycles. The SMILES string of the molecule is CC(C)N(C(=O)CSc1nnc(NC(=O)CN(C)S(C)(=O)=O)s1)C(C)C. The van der Waals surface area contributed by atoms with Crippen molar-refractivity contribution >= 4 is 50.1 Å². The van der Waals surface area contributed by atoms with E-state index in [1.807, 2.05) is 27.7 Å². The van der Waals surface area contributed by atoms with Crippen LogP contribution in [0.25, 0.3) is 0 Å². The minimum absolute atomic E-state index is 0.00978. The van der Waals surface area contributed by atoms with Crippen molar-refractivity contribution in [3.8, 4) is 0 Å². The molecule has 26 heavy (non-hydrogen) atoms. The van der Waals surface area contributed by atoms with Crippen LogP contribution in [0, 0.1) is 0 Å². The molecule has 1 aromatic heterocycles. The van der Waals surface area contributed by atoms with E-state index in [0.29, 0.717) is 4.34 Å². The summed E-state index contributed by atoms with van der Waals surface area (Å²) in [4.78, 5) is 26.0. The molecule has 0 atom stereocenters. The Morgan fingerprint density at radius 1 is 1.19 bits per heavy atom. The molecule has 0 spiro atoms. The lowest BCUT2D eigenvalue weighted by atomic mass is 10.2. The van der Waals surface area contributed by atoms with Crippen molar-refractivity contribution in [2.75, 3.05) is 30.9 Å². The lowest BCUT2D eigenvalue weighted by molar-refractivity contribution is -0.131. The molecule has 0 radical (unpaired) electrons. The maximum Gasteiger partial charge on any atom is 0.241 e. The summed E-state index contributed by atoms with van der Waals surface area (Å²) in [5, 5.41) is 10.5. The average molecular weight is 424 g/mol. The zero-order valence-corrected chi connectivity index (χ0v) is 18.2. The highest BCUT2D eigenvalue weighted by Crippen LogP contribution is 2.26. The van der Waals surface area contributed by atoms with Gasteiger partial charge in [0.15, 0.2) is 4.34 Å². The molecular weight excluding hydrogens is 398 g/mol. The maximum absolute atomic E-state index is 12.3. The highest BCUT2D eigenvalue weighted by Gasteiger charge is 2.21. The van der Waals surface area contributed by atoms with Crippen molar-refractivity contribution in [3.63, 3.8) is 0 Å². The van der Waals surface area contributed by atoms with Gasteiger partial charge >= 0.3 is 0 Å². The Labute approximate surface area is 162 Å². The van der Waals surface area contributed by atoms with Crippen LogP contribution in [0.5, 0.6) is 0 Å². The highest BCUT2D eigenvalue weighted by molar-refractivity contribution is 8.01. The normalized spacial score (nSPS) is 12.0. The topological polar surface area (TPSA) is 113 Å². The van der Waals surface area contributed by atoms with Crippen LogP contribution in [-0.4, -0.2) is 77.3 Å². The number of nitrogens with one attached hydrogen (secondary N) is 1. The van der Waals surface area contributed by atoms with E-state index in [9.17, 15) is 18.0 Å². The lowest BCUT2D eigenvalue weighted by Crippen LogP contribution is -2.43. The zero-order valence-electron chi connectivity index (χ0n) is 15.7. The third kappa shape index (κ3) is 7.17. The van der Waals surface area contributed by atoms with Crippen molar-refractivity contribution in [3.05, 3.63) is 0 Å². The molecule has 0 bridgehead atoms. The first kappa shape index (κ1) is 22.8. The molecule has 0 aliphatic rings. The standard InChI is InChI=1S/C14H25N5O4S3/c1-9(2)19(10(3)4)12(21)8-24-14-17-16-13(25-14)15-11(20)7-18(5)26(6,22)23/h9-10H,7-8H2,1-6H3,(H,15,16,20). The van der Waals surface area contributed by atoms with Gasteiger partial charge in [-0.05, 0) is 27.7 Å². The summed E-state index contributed by atoms with van der Waals surface area (Å²) in [6.45, 7) is 7.56. The van der Waals surface area contributed by atoms with Crippen molar-refractivity contribution in [1.29, 1.82) is 0 Å². The Morgan fingerprint density at radius 3 is 2.27 bits per heavy atom. The summed E-state index contributed by atoms with van der Waals surface area (Å²) in [5.41, 5.74) is 0. The fourth-order valence-corrected chi connectivity index (χ4v) is 4.16. The van der Waals surface area contributed by atoms with Crippen molar-refractivity contribution in [1.82, 2.24) is 19.4 Å². The van der Waals surface area contributed by atoms with E-state index in [-0.39, 0.29) is 35.4 Å². The number of aromatic nitrogens is 2. The summed E-state index contributed by atoms with van der Waals surface area (Å²) in [5.74, 6) is -0.265. The number of likely N-dealkylation sites (N-methyl/N-ethyl adjacent to an activating group) is 1. The van der Waals surface area contributed by atoms with Crippen LogP contribution in [0.15, 0.2) is 4.34 Å². The van der Waals surface area contributed by atoms with E-state index in [1.54, 1.807) is 4.90 Å². The van der Waals surface area contributed by atoms with Gasteiger partial charge in [0, 0.05) is 19.1 Å². The van der Waals surface area contributed by atoms with Crippen LogP contribution in [0.4, 0.5) is 5.13 Å². The van der Waals surface area contributed by atoms with E-state index in [2.05, 4.69) is 15.5 Å². The molecule has 0 unspecified atom stereocenters. The number of thioether (sulfide) groups is 1. The van der Waals surface area contributed by atoms with Crippen LogP contribution < -0.4 is 5.32 Å². The van der Waals surface area contributed by atoms with Gasteiger partial charge in [-0.1, -0.05) is 23.1 Å². The number of rotatable bonds is 9. The number of hydrogen-bond acceptors (Lipinski definition) is 8. The number of carbonyl (C=O) groups is 2. The molecule has 0 aromatic carbocycles. The average Bonchev–Trinajstić information content (AvgIpc) is 2.90. The monoisotopic (exact) mass is 423 g/mol. The predicted octanol–water partition coefficient (Wildman–Crippen LogP) is 1.11. The Balaban J connectivity index is 2.58. The summed E-state index contributed by atoms with van der Waals surface area (Å²) in [7, 11) is -2.12. The first-order chi connectivity index (χ1) is 11.9. The largest absolute Gasteiger partial charge is 0.337 e. The highest BCUT2D eigenvalue weighted by atomic mass is 32.2. The van der Waals surface area contributed by atoms with E-state index in [4.69, 9.17) is 0 Å². The number of amides is 2. The number of carbonyl (C=O) groups excluding carboxylic acids is 2. The summed E-state index contributed by atoms with van der Waals surface area (Å²) < 4.78 is 24.1. The van der Waals surface area contributed by atoms with Gasteiger partial charge in [0.1, 0.15) is 0 Å². The first-order valence-electron chi connectivity index (χ1n) is 7.90. The summed E-state index contributed by atoms with van der Waals surface area (Å²) in [6.07, 6.45) is 1.02. The minimum Gasteiger partial charge on any atom is -0.337 e. The number of hydrogen-bond donors (Lipinski definition) is 1. The summed E-state index contributed by atoms with van der Waals surface area (Å²) in [6, 6.07) is 0.221. The van der Waals surface area contributed by atoms with Crippen molar-refractivity contribution < 1.29 is 18.0 Å². The number of sulfonamides is 1. The Morgan fingerprint density at radius 2 is 1.77 bits per heavy atom. The molecule has 0 fully saturated rings. The Bertz CT molecular complexity index is 725. The van der Waals surface area contributed by atoms with Gasteiger partial charge in [0.2, 0.25) is 27.0 Å².